The van der Waals surface area contributed by atoms with Gasteiger partial charge in [-0.3, -0.25) is 0 Å². The number of methoxy groups -OCH3 is 1. The van der Waals surface area contributed by atoms with E-state index < -0.39 is 5.60 Å². The van der Waals surface area contributed by atoms with E-state index in [2.05, 4.69) is 6.08 Å². The fourth-order valence-corrected chi connectivity index (χ4v) is 3.92. The number of aromatic hydroxyl groups is 1. The Hall–Kier alpha value is -3.61. The first-order chi connectivity index (χ1) is 15.6. The number of ether oxygens (including phenoxy) is 2. The molecule has 3 aromatic rings. The van der Waals surface area contributed by atoms with Crippen molar-refractivity contribution >= 4 is 22.7 Å². The van der Waals surface area contributed by atoms with E-state index in [0.717, 1.165) is 28.6 Å². The number of aromatic nitrogens is 2. The molecule has 0 unspecified atom stereocenters. The number of phenolic OH excluding ortho intramolecular Hbond substituents is 1. The summed E-state index contributed by atoms with van der Waals surface area (Å²) in [5.41, 5.74) is 3.93. The first kappa shape index (κ1) is 22.6. The van der Waals surface area contributed by atoms with E-state index in [-0.39, 0.29) is 11.8 Å². The highest BCUT2D eigenvalue weighted by atomic mass is 16.6. The van der Waals surface area contributed by atoms with Crippen LogP contribution in [0, 0.1) is 6.92 Å². The highest BCUT2D eigenvalue weighted by molar-refractivity contribution is 5.83. The predicted octanol–water partition coefficient (Wildman–Crippen LogP) is 5.34. The van der Waals surface area contributed by atoms with Crippen molar-refractivity contribution in [3.63, 3.8) is 0 Å². The molecule has 3 heterocycles. The average molecular weight is 448 g/mol. The first-order valence-electron chi connectivity index (χ1n) is 11.0. The molecule has 0 atom stereocenters. The average Bonchev–Trinajstić information content (AvgIpc) is 2.77. The van der Waals surface area contributed by atoms with Gasteiger partial charge >= 0.3 is 6.09 Å². The van der Waals surface area contributed by atoms with Crippen LogP contribution in [0.4, 0.5) is 4.79 Å². The number of rotatable bonds is 3. The molecule has 0 spiro atoms. The van der Waals surface area contributed by atoms with E-state index in [1.807, 2.05) is 58.0 Å². The molecule has 2 aromatic heterocycles. The second-order valence-corrected chi connectivity index (χ2v) is 9.20. The molecule has 7 heteroatoms. The van der Waals surface area contributed by atoms with E-state index in [1.165, 1.54) is 0 Å². The molecule has 1 N–H and O–H groups in total. The Bertz CT molecular complexity index is 1220. The van der Waals surface area contributed by atoms with Crippen molar-refractivity contribution in [2.75, 3.05) is 20.2 Å². The van der Waals surface area contributed by atoms with Gasteiger partial charge in [0.2, 0.25) is 0 Å². The number of carbonyl (C=O) groups excluding carboxylic acids is 1. The number of aryl methyl sites for hydroxylation is 1. The second-order valence-electron chi connectivity index (χ2n) is 9.20. The van der Waals surface area contributed by atoms with Gasteiger partial charge < -0.3 is 19.5 Å². The van der Waals surface area contributed by atoms with Gasteiger partial charge in [-0.15, -0.1) is 0 Å². The van der Waals surface area contributed by atoms with Crippen LogP contribution in [-0.4, -0.2) is 51.9 Å². The lowest BCUT2D eigenvalue weighted by Crippen LogP contribution is -2.39. The van der Waals surface area contributed by atoms with Crippen LogP contribution in [-0.2, 0) is 4.74 Å². The maximum absolute atomic E-state index is 12.5. The van der Waals surface area contributed by atoms with Crippen molar-refractivity contribution in [1.82, 2.24) is 14.9 Å². The number of hydrogen-bond donors (Lipinski definition) is 1. The number of fused-ring (bicyclic) bond motifs is 1. The zero-order valence-electron chi connectivity index (χ0n) is 19.7. The van der Waals surface area contributed by atoms with E-state index in [4.69, 9.17) is 19.4 Å². The summed E-state index contributed by atoms with van der Waals surface area (Å²) in [6.07, 6.45) is 2.53. The number of carbonyl (C=O) groups is 1. The minimum atomic E-state index is -0.537. The number of phenols is 1. The molecule has 1 aromatic carbocycles. The summed E-state index contributed by atoms with van der Waals surface area (Å²) in [6, 6.07) is 11.2. The summed E-state index contributed by atoms with van der Waals surface area (Å²) in [5.74, 6) is 0.701. The topological polar surface area (TPSA) is 84.8 Å². The maximum Gasteiger partial charge on any atom is 0.410 e. The third-order valence-corrected chi connectivity index (χ3v) is 5.46. The lowest BCUT2D eigenvalue weighted by Gasteiger charge is -2.30. The predicted molar refractivity (Wildman–Crippen MR) is 128 cm³/mol. The van der Waals surface area contributed by atoms with E-state index in [0.29, 0.717) is 35.7 Å². The van der Waals surface area contributed by atoms with Crippen LogP contribution < -0.4 is 4.74 Å². The SMILES string of the molecule is COc1cc(C)c(-c2ccc3ccc(C4=CCCN(C(=O)OC(C)(C)C)C4)nc3n2)c(O)c1. The van der Waals surface area contributed by atoms with Gasteiger partial charge in [0.1, 0.15) is 17.1 Å². The molecule has 0 fully saturated rings. The Morgan fingerprint density at radius 3 is 2.45 bits per heavy atom. The van der Waals surface area contributed by atoms with E-state index >= 15 is 0 Å². The summed E-state index contributed by atoms with van der Waals surface area (Å²) in [6.45, 7) is 8.55. The molecule has 7 nitrogen and oxygen atoms in total. The molecule has 4 rings (SSSR count). The molecule has 1 amide bonds. The second kappa shape index (κ2) is 8.73. The van der Waals surface area contributed by atoms with E-state index in [9.17, 15) is 9.90 Å². The summed E-state index contributed by atoms with van der Waals surface area (Å²) in [7, 11) is 1.57. The molecule has 0 saturated carbocycles. The summed E-state index contributed by atoms with van der Waals surface area (Å²) < 4.78 is 10.8. The Labute approximate surface area is 193 Å². The standard InChI is InChI=1S/C26H29N3O4/c1-16-13-19(32-5)14-22(30)23(16)21-11-9-17-8-10-20(27-24(17)28-21)18-7-6-12-29(15-18)25(31)33-26(2,3)4/h7-11,13-14,30H,6,12,15H2,1-5H3. The van der Waals surface area contributed by atoms with Gasteiger partial charge in [0, 0.05) is 23.6 Å². The third kappa shape index (κ3) is 4.92. The van der Waals surface area contributed by atoms with Gasteiger partial charge in [-0.1, -0.05) is 6.08 Å². The maximum atomic E-state index is 12.5. The Kier molecular flexibility index (Phi) is 5.97. The molecular weight excluding hydrogens is 418 g/mol. The van der Waals surface area contributed by atoms with Crippen molar-refractivity contribution in [2.45, 2.75) is 39.7 Å². The Morgan fingerprint density at radius 2 is 1.79 bits per heavy atom. The van der Waals surface area contributed by atoms with Crippen molar-refractivity contribution < 1.29 is 19.4 Å². The van der Waals surface area contributed by atoms with Crippen molar-refractivity contribution in [2.24, 2.45) is 0 Å². The third-order valence-electron chi connectivity index (χ3n) is 5.46. The normalized spacial score (nSPS) is 14.2. The molecule has 0 radical (unpaired) electrons. The highest BCUT2D eigenvalue weighted by Crippen LogP contribution is 2.35. The minimum Gasteiger partial charge on any atom is -0.507 e. The van der Waals surface area contributed by atoms with Gasteiger partial charge in [0.05, 0.1) is 25.0 Å². The quantitative estimate of drug-likeness (QED) is 0.583. The van der Waals surface area contributed by atoms with Crippen LogP contribution in [0.25, 0.3) is 27.9 Å². The number of amides is 1. The van der Waals surface area contributed by atoms with E-state index in [1.54, 1.807) is 18.1 Å². The van der Waals surface area contributed by atoms with Gasteiger partial charge in [-0.2, -0.15) is 0 Å². The summed E-state index contributed by atoms with van der Waals surface area (Å²) in [4.78, 5) is 23.7. The lowest BCUT2D eigenvalue weighted by atomic mass is 10.0. The molecule has 1 aliphatic rings. The van der Waals surface area contributed by atoms with Crippen LogP contribution in [0.5, 0.6) is 11.5 Å². The number of nitrogens with zero attached hydrogens (tertiary/aromatic N) is 3. The van der Waals surface area contributed by atoms with Crippen molar-refractivity contribution in [3.05, 3.63) is 53.7 Å². The van der Waals surface area contributed by atoms with Gasteiger partial charge in [-0.25, -0.2) is 14.8 Å². The molecule has 172 valence electrons. The monoisotopic (exact) mass is 447 g/mol. The zero-order valence-corrected chi connectivity index (χ0v) is 19.7. The van der Waals surface area contributed by atoms with Crippen LogP contribution in [0.15, 0.2) is 42.5 Å². The lowest BCUT2D eigenvalue weighted by molar-refractivity contribution is 0.0273. The van der Waals surface area contributed by atoms with Crippen LogP contribution >= 0.6 is 0 Å². The fourth-order valence-electron chi connectivity index (χ4n) is 3.92. The largest absolute Gasteiger partial charge is 0.507 e. The van der Waals surface area contributed by atoms with Gasteiger partial charge in [0.15, 0.2) is 5.65 Å². The summed E-state index contributed by atoms with van der Waals surface area (Å²) >= 11 is 0. The molecule has 1 aliphatic heterocycles. The van der Waals surface area contributed by atoms with Crippen molar-refractivity contribution in [1.29, 1.82) is 0 Å². The van der Waals surface area contributed by atoms with Gasteiger partial charge in [-0.05, 0) is 75.6 Å². The molecular formula is C26H29N3O4. The van der Waals surface area contributed by atoms with Crippen LogP contribution in [0.2, 0.25) is 0 Å². The molecule has 0 saturated heterocycles. The summed E-state index contributed by atoms with van der Waals surface area (Å²) in [5, 5.41) is 11.4. The van der Waals surface area contributed by atoms with Gasteiger partial charge in [0.25, 0.3) is 0 Å². The smallest absolute Gasteiger partial charge is 0.410 e. The molecule has 0 bridgehead atoms. The molecule has 33 heavy (non-hydrogen) atoms. The van der Waals surface area contributed by atoms with Crippen LogP contribution in [0.1, 0.15) is 38.4 Å². The zero-order chi connectivity index (χ0) is 23.8. The Morgan fingerprint density at radius 1 is 1.09 bits per heavy atom. The number of pyridine rings is 2. The Balaban J connectivity index is 1.65. The molecule has 0 aliphatic carbocycles. The number of benzene rings is 1. The first-order valence-corrected chi connectivity index (χ1v) is 11.0. The number of hydrogen-bond acceptors (Lipinski definition) is 6. The fraction of sp³-hybridized carbons (Fsp3) is 0.346. The highest BCUT2D eigenvalue weighted by Gasteiger charge is 2.25. The minimum absolute atomic E-state index is 0.109. The van der Waals surface area contributed by atoms with Crippen molar-refractivity contribution in [3.8, 4) is 22.8 Å². The van der Waals surface area contributed by atoms with Crippen LogP contribution in [0.3, 0.4) is 0 Å².